The van der Waals surface area contributed by atoms with E-state index in [4.69, 9.17) is 0 Å². The van der Waals surface area contributed by atoms with Gasteiger partial charge in [-0.05, 0) is 36.3 Å². The van der Waals surface area contributed by atoms with Crippen LogP contribution in [-0.4, -0.2) is 23.4 Å². The normalized spacial score (nSPS) is 27.8. The van der Waals surface area contributed by atoms with Gasteiger partial charge in [-0.1, -0.05) is 97.1 Å². The van der Waals surface area contributed by atoms with Crippen molar-refractivity contribution >= 4 is 13.5 Å². The third-order valence-corrected chi connectivity index (χ3v) is 10.3. The number of fused-ring (bicyclic) bond motifs is 3. The summed E-state index contributed by atoms with van der Waals surface area (Å²) in [6.07, 6.45) is 4.50. The minimum Gasteiger partial charge on any atom is -0.288 e. The molecule has 1 aliphatic heterocycles. The van der Waals surface area contributed by atoms with Crippen LogP contribution in [0.3, 0.4) is 0 Å². The summed E-state index contributed by atoms with van der Waals surface area (Å²) >= 11 is 0. The van der Waals surface area contributed by atoms with Gasteiger partial charge in [0.1, 0.15) is 0 Å². The molecule has 0 radical (unpaired) electrons. The van der Waals surface area contributed by atoms with Crippen LogP contribution in [0, 0.1) is 5.92 Å². The molecule has 1 saturated heterocycles. The van der Waals surface area contributed by atoms with Crippen LogP contribution in [-0.2, 0) is 11.1 Å². The van der Waals surface area contributed by atoms with Crippen molar-refractivity contribution in [3.8, 4) is 0 Å². The maximum Gasteiger partial charge on any atom is 0.224 e. The minimum absolute atomic E-state index is 0.0392. The number of benzene rings is 3. The number of hydrogen-bond acceptors (Lipinski definition) is 1. The molecule has 4 heteroatoms. The summed E-state index contributed by atoms with van der Waals surface area (Å²) in [6, 6.07) is 29.4. The Hall–Kier alpha value is -2.45. The van der Waals surface area contributed by atoms with Crippen LogP contribution in [0.4, 0.5) is 0 Å². The van der Waals surface area contributed by atoms with Crippen LogP contribution in [0.5, 0.6) is 0 Å². The van der Waals surface area contributed by atoms with E-state index in [1.807, 2.05) is 31.3 Å². The van der Waals surface area contributed by atoms with E-state index in [0.29, 0.717) is 6.54 Å². The van der Waals surface area contributed by atoms with Gasteiger partial charge >= 0.3 is 0 Å². The predicted octanol–water partition coefficient (Wildman–Crippen LogP) is 6.38. The second-order valence-electron chi connectivity index (χ2n) is 8.33. The van der Waals surface area contributed by atoms with E-state index in [-0.39, 0.29) is 17.6 Å². The Balaban J connectivity index is 1.63. The first-order valence-electron chi connectivity index (χ1n) is 10.5. The third kappa shape index (κ3) is 3.01. The lowest BCUT2D eigenvalue weighted by atomic mass is 9.82. The van der Waals surface area contributed by atoms with Gasteiger partial charge in [0.15, 0.2) is 0 Å². The van der Waals surface area contributed by atoms with Crippen molar-refractivity contribution in [1.82, 2.24) is 9.34 Å². The van der Waals surface area contributed by atoms with E-state index in [2.05, 4.69) is 89.2 Å². The highest BCUT2D eigenvalue weighted by atomic mass is 31.2. The van der Waals surface area contributed by atoms with Gasteiger partial charge in [0.25, 0.3) is 0 Å². The SMILES string of the molecule is CN(Cc1ccccc1)[P@]1(=O)[C@@H]2c3ccccc3C=C[C@H]2[C@@H](c2ccccc2)N1C. The van der Waals surface area contributed by atoms with Crippen molar-refractivity contribution in [3.05, 3.63) is 113 Å². The van der Waals surface area contributed by atoms with E-state index >= 15 is 0 Å². The van der Waals surface area contributed by atoms with Crippen molar-refractivity contribution in [2.45, 2.75) is 18.2 Å². The third-order valence-electron chi connectivity index (χ3n) is 6.64. The molecule has 0 amide bonds. The Morgan fingerprint density at radius 1 is 0.900 bits per heavy atom. The molecule has 1 aliphatic carbocycles. The van der Waals surface area contributed by atoms with Crippen LogP contribution >= 0.6 is 7.44 Å². The summed E-state index contributed by atoms with van der Waals surface area (Å²) in [5.74, 6) is 0.177. The lowest BCUT2D eigenvalue weighted by molar-refractivity contribution is 0.336. The summed E-state index contributed by atoms with van der Waals surface area (Å²) in [5, 5.41) is 0. The Bertz CT molecular complexity index is 1110. The number of rotatable bonds is 4. The first-order chi connectivity index (χ1) is 14.6. The van der Waals surface area contributed by atoms with Crippen molar-refractivity contribution in [2.24, 2.45) is 5.92 Å². The van der Waals surface area contributed by atoms with E-state index in [1.165, 1.54) is 22.3 Å². The van der Waals surface area contributed by atoms with Gasteiger partial charge in [-0.2, -0.15) is 0 Å². The van der Waals surface area contributed by atoms with Gasteiger partial charge in [-0.15, -0.1) is 0 Å². The quantitative estimate of drug-likeness (QED) is 0.463. The Morgan fingerprint density at radius 3 is 2.27 bits per heavy atom. The highest BCUT2D eigenvalue weighted by Gasteiger charge is 2.58. The first kappa shape index (κ1) is 19.5. The van der Waals surface area contributed by atoms with Gasteiger partial charge in [-0.3, -0.25) is 4.57 Å². The zero-order chi connectivity index (χ0) is 20.7. The molecule has 0 N–H and O–H groups in total. The fraction of sp³-hybridized carbons (Fsp3) is 0.231. The first-order valence-corrected chi connectivity index (χ1v) is 12.2. The van der Waals surface area contributed by atoms with Crippen molar-refractivity contribution in [2.75, 3.05) is 14.1 Å². The molecule has 30 heavy (non-hydrogen) atoms. The number of nitrogens with zero attached hydrogens (tertiary/aromatic N) is 2. The largest absolute Gasteiger partial charge is 0.288 e. The van der Waals surface area contributed by atoms with Gasteiger partial charge in [0, 0.05) is 18.5 Å². The van der Waals surface area contributed by atoms with Crippen LogP contribution < -0.4 is 0 Å². The zero-order valence-electron chi connectivity index (χ0n) is 17.4. The summed E-state index contributed by atoms with van der Waals surface area (Å²) in [5.41, 5.74) is 4.77. The van der Waals surface area contributed by atoms with E-state index in [1.54, 1.807) is 0 Å². The molecule has 4 atom stereocenters. The molecule has 1 heterocycles. The Kier molecular flexibility index (Phi) is 4.99. The molecule has 0 saturated carbocycles. The molecule has 3 aromatic carbocycles. The second-order valence-corrected chi connectivity index (χ2v) is 11.4. The molecule has 152 valence electrons. The summed E-state index contributed by atoms with van der Waals surface area (Å²) < 4.78 is 19.3. The summed E-state index contributed by atoms with van der Waals surface area (Å²) in [6.45, 7) is 0.666. The predicted molar refractivity (Wildman–Crippen MR) is 124 cm³/mol. The van der Waals surface area contributed by atoms with Crippen molar-refractivity contribution in [1.29, 1.82) is 0 Å². The van der Waals surface area contributed by atoms with E-state index in [0.717, 1.165) is 0 Å². The molecule has 1 fully saturated rings. The monoisotopic (exact) mass is 414 g/mol. The standard InChI is InChI=1S/C26H27N2OP/c1-27(19-20-11-5-3-6-12-20)30(29)26-23-16-10-9-13-21(23)17-18-24(26)25(28(30)2)22-14-7-4-8-15-22/h3-18,24-26H,19H2,1-2H3/t24-,25+,26+,30+/m0/s1. The van der Waals surface area contributed by atoms with Crippen LogP contribution in [0.1, 0.15) is 34.0 Å². The molecule has 0 bridgehead atoms. The zero-order valence-corrected chi connectivity index (χ0v) is 18.3. The molecule has 3 nitrogen and oxygen atoms in total. The molecule has 2 aliphatic rings. The van der Waals surface area contributed by atoms with Crippen molar-refractivity contribution < 1.29 is 4.57 Å². The lowest BCUT2D eigenvalue weighted by Gasteiger charge is -2.36. The Labute approximate surface area is 179 Å². The molecular weight excluding hydrogens is 387 g/mol. The average molecular weight is 414 g/mol. The highest BCUT2D eigenvalue weighted by molar-refractivity contribution is 7.59. The Morgan fingerprint density at radius 2 is 1.53 bits per heavy atom. The smallest absolute Gasteiger partial charge is 0.224 e. The number of hydrogen-bond donors (Lipinski definition) is 0. The van der Waals surface area contributed by atoms with Crippen LogP contribution in [0.2, 0.25) is 0 Å². The lowest BCUT2D eigenvalue weighted by Crippen LogP contribution is -2.25. The maximum atomic E-state index is 15.0. The molecule has 3 aromatic rings. The maximum absolute atomic E-state index is 15.0. The second kappa shape index (κ2) is 7.67. The minimum atomic E-state index is -2.89. The van der Waals surface area contributed by atoms with Gasteiger partial charge in [0.05, 0.1) is 5.66 Å². The molecule has 0 unspecified atom stereocenters. The summed E-state index contributed by atoms with van der Waals surface area (Å²) in [7, 11) is 1.19. The van der Waals surface area contributed by atoms with Gasteiger partial charge in [0.2, 0.25) is 7.44 Å². The van der Waals surface area contributed by atoms with Crippen LogP contribution in [0.25, 0.3) is 6.08 Å². The van der Waals surface area contributed by atoms with Crippen LogP contribution in [0.15, 0.2) is 91.0 Å². The van der Waals surface area contributed by atoms with E-state index in [9.17, 15) is 4.57 Å². The van der Waals surface area contributed by atoms with Gasteiger partial charge < -0.3 is 0 Å². The summed E-state index contributed by atoms with van der Waals surface area (Å²) in [4.78, 5) is 0. The van der Waals surface area contributed by atoms with E-state index < -0.39 is 7.44 Å². The van der Waals surface area contributed by atoms with Gasteiger partial charge in [-0.25, -0.2) is 9.34 Å². The average Bonchev–Trinajstić information content (AvgIpc) is 3.03. The highest BCUT2D eigenvalue weighted by Crippen LogP contribution is 2.76. The fourth-order valence-electron chi connectivity index (χ4n) is 5.26. The molecule has 0 aromatic heterocycles. The van der Waals surface area contributed by atoms with Crippen molar-refractivity contribution in [3.63, 3.8) is 0 Å². The molecule has 0 spiro atoms. The molecular formula is C26H27N2OP. The fourth-order valence-corrected chi connectivity index (χ4v) is 8.87. The topological polar surface area (TPSA) is 23.6 Å². The molecule has 5 rings (SSSR count).